The number of H-pyrrole nitrogens is 1. The number of primary amides is 1. The van der Waals surface area contributed by atoms with Gasteiger partial charge in [0.2, 0.25) is 5.91 Å². The summed E-state index contributed by atoms with van der Waals surface area (Å²) < 4.78 is 15.4. The van der Waals surface area contributed by atoms with E-state index in [-0.39, 0.29) is 28.4 Å². The van der Waals surface area contributed by atoms with Crippen LogP contribution in [0.3, 0.4) is 0 Å². The van der Waals surface area contributed by atoms with Crippen molar-refractivity contribution in [2.75, 3.05) is 0 Å². The van der Waals surface area contributed by atoms with E-state index in [9.17, 15) is 9.59 Å². The van der Waals surface area contributed by atoms with Crippen LogP contribution in [-0.2, 0) is 11.2 Å². The first kappa shape index (κ1) is 21.2. The Balaban J connectivity index is 1.76. The minimum atomic E-state index is -0.955. The van der Waals surface area contributed by atoms with Gasteiger partial charge in [-0.3, -0.25) is 14.6 Å². The fourth-order valence-electron chi connectivity index (χ4n) is 3.41. The van der Waals surface area contributed by atoms with Crippen LogP contribution in [0.15, 0.2) is 41.3 Å². The van der Waals surface area contributed by atoms with Gasteiger partial charge in [-0.25, -0.2) is 9.37 Å². The van der Waals surface area contributed by atoms with Gasteiger partial charge in [0.05, 0.1) is 16.3 Å². The predicted octanol–water partition coefficient (Wildman–Crippen LogP) is 4.22. The molecule has 3 N–H and O–H groups in total. The van der Waals surface area contributed by atoms with Gasteiger partial charge in [0.1, 0.15) is 11.6 Å². The van der Waals surface area contributed by atoms with Crippen LogP contribution in [0.25, 0.3) is 22.6 Å². The highest BCUT2D eigenvalue weighted by atomic mass is 35.5. The number of aromatic nitrogens is 3. The van der Waals surface area contributed by atoms with Crippen LogP contribution in [0.2, 0.25) is 5.02 Å². The largest absolute Gasteiger partial charge is 0.369 e. The van der Waals surface area contributed by atoms with Gasteiger partial charge in [0.15, 0.2) is 0 Å². The molecule has 160 valence electrons. The normalized spacial score (nSPS) is 13.9. The first-order chi connectivity index (χ1) is 14.7. The lowest BCUT2D eigenvalue weighted by Gasteiger charge is -2.21. The summed E-state index contributed by atoms with van der Waals surface area (Å²) in [4.78, 5) is 35.5. The van der Waals surface area contributed by atoms with Crippen LogP contribution >= 0.6 is 11.6 Å². The number of benzene rings is 1. The van der Waals surface area contributed by atoms with Gasteiger partial charge in [-0.2, -0.15) is 0 Å². The second-order valence-corrected chi connectivity index (χ2v) is 8.95. The van der Waals surface area contributed by atoms with Crippen LogP contribution < -0.4 is 11.3 Å². The van der Waals surface area contributed by atoms with Gasteiger partial charge >= 0.3 is 0 Å². The van der Waals surface area contributed by atoms with Crippen molar-refractivity contribution in [1.82, 2.24) is 15.0 Å². The van der Waals surface area contributed by atoms with Crippen LogP contribution in [0.4, 0.5) is 4.39 Å². The number of halogens is 2. The van der Waals surface area contributed by atoms with Crippen LogP contribution in [0.1, 0.15) is 43.9 Å². The third-order valence-corrected chi connectivity index (χ3v) is 5.84. The molecule has 2 aromatic heterocycles. The maximum atomic E-state index is 15.4. The Morgan fingerprint density at radius 1 is 1.29 bits per heavy atom. The Morgan fingerprint density at radius 3 is 2.65 bits per heavy atom. The summed E-state index contributed by atoms with van der Waals surface area (Å²) in [6.07, 6.45) is 4.03. The predicted molar refractivity (Wildman–Crippen MR) is 117 cm³/mol. The van der Waals surface area contributed by atoms with E-state index >= 15 is 4.39 Å². The molecule has 8 heteroatoms. The van der Waals surface area contributed by atoms with Gasteiger partial charge in [-0.1, -0.05) is 31.5 Å². The van der Waals surface area contributed by atoms with E-state index in [2.05, 4.69) is 15.0 Å². The number of carbonyl (C=O) groups is 1. The third-order valence-electron chi connectivity index (χ3n) is 5.53. The van der Waals surface area contributed by atoms with Crippen LogP contribution in [0.5, 0.6) is 0 Å². The lowest BCUT2D eigenvalue weighted by atomic mass is 9.84. The van der Waals surface area contributed by atoms with E-state index in [1.54, 1.807) is 20.0 Å². The van der Waals surface area contributed by atoms with Crippen molar-refractivity contribution in [1.29, 1.82) is 0 Å². The number of nitrogens with one attached hydrogen (secondary N) is 1. The summed E-state index contributed by atoms with van der Waals surface area (Å²) in [6.45, 7) is 3.28. The maximum absolute atomic E-state index is 15.4. The summed E-state index contributed by atoms with van der Waals surface area (Å²) in [7, 11) is 0. The fraction of sp³-hybridized carbons (Fsp3) is 0.304. The highest BCUT2D eigenvalue weighted by molar-refractivity contribution is 6.33. The monoisotopic (exact) mass is 440 g/mol. The number of nitrogens with zero attached hydrogens (tertiary/aromatic N) is 2. The summed E-state index contributed by atoms with van der Waals surface area (Å²) in [5, 5.41) is 0.0978. The molecule has 0 bridgehead atoms. The first-order valence-corrected chi connectivity index (χ1v) is 10.4. The number of carbonyl (C=O) groups excluding carboxylic acids is 1. The molecular weight excluding hydrogens is 419 g/mol. The average Bonchev–Trinajstić information content (AvgIpc) is 3.55. The Hall–Kier alpha value is -3.06. The molecule has 0 spiro atoms. The second-order valence-electron chi connectivity index (χ2n) is 8.55. The van der Waals surface area contributed by atoms with Crippen LogP contribution in [0, 0.1) is 11.2 Å². The first-order valence-electron chi connectivity index (χ1n) is 10.0. The molecule has 1 aliphatic carbocycles. The van der Waals surface area contributed by atoms with E-state index < -0.39 is 22.7 Å². The highest BCUT2D eigenvalue weighted by Gasteiger charge is 2.28. The smallest absolute Gasteiger partial charge is 0.251 e. The maximum Gasteiger partial charge on any atom is 0.251 e. The van der Waals surface area contributed by atoms with Gasteiger partial charge in [0, 0.05) is 34.9 Å². The molecule has 0 unspecified atom stereocenters. The van der Waals surface area contributed by atoms with Crippen LogP contribution in [-0.4, -0.2) is 20.9 Å². The minimum Gasteiger partial charge on any atom is -0.369 e. The fourth-order valence-corrected chi connectivity index (χ4v) is 3.65. The molecule has 0 saturated heterocycles. The standard InChI is InChI=1S/C23H22ClFN4O2/c1-23(2,22(26)31)10-13-5-7-15(24)19(20(13)25)21-28-17(9-18(30)29-21)14-6-8-16(27-11-14)12-3-4-12/h5-9,11-12H,3-4,10H2,1-2H3,(H2,26,31)(H,28,29,30). The van der Waals surface area contributed by atoms with Crippen molar-refractivity contribution in [3.05, 3.63) is 69.0 Å². The summed E-state index contributed by atoms with van der Waals surface area (Å²) in [5.41, 5.74) is 6.31. The summed E-state index contributed by atoms with van der Waals surface area (Å²) in [6, 6.07) is 8.15. The zero-order valence-corrected chi connectivity index (χ0v) is 18.0. The molecule has 0 atom stereocenters. The molecule has 6 nitrogen and oxygen atoms in total. The highest BCUT2D eigenvalue weighted by Crippen LogP contribution is 2.39. The van der Waals surface area contributed by atoms with Gasteiger partial charge in [-0.15, -0.1) is 0 Å². The van der Waals surface area contributed by atoms with Crippen molar-refractivity contribution in [2.45, 2.75) is 39.0 Å². The SMILES string of the molecule is CC(C)(Cc1ccc(Cl)c(-c2nc(-c3ccc(C4CC4)nc3)cc(=O)[nH]2)c1F)C(N)=O. The van der Waals surface area contributed by atoms with Crippen molar-refractivity contribution in [3.8, 4) is 22.6 Å². The van der Waals surface area contributed by atoms with E-state index in [0.717, 1.165) is 18.5 Å². The van der Waals surface area contributed by atoms with Gasteiger partial charge < -0.3 is 10.7 Å². The van der Waals surface area contributed by atoms with Crippen molar-refractivity contribution in [3.63, 3.8) is 0 Å². The molecule has 1 amide bonds. The number of amides is 1. The lowest BCUT2D eigenvalue weighted by molar-refractivity contribution is -0.125. The number of hydrogen-bond acceptors (Lipinski definition) is 4. The van der Waals surface area contributed by atoms with E-state index in [1.807, 2.05) is 12.1 Å². The quantitative estimate of drug-likeness (QED) is 0.599. The Bertz CT molecular complexity index is 1220. The van der Waals surface area contributed by atoms with E-state index in [0.29, 0.717) is 17.2 Å². The van der Waals surface area contributed by atoms with E-state index in [4.69, 9.17) is 17.3 Å². The molecule has 31 heavy (non-hydrogen) atoms. The molecule has 1 saturated carbocycles. The topological polar surface area (TPSA) is 102 Å². The van der Waals surface area contributed by atoms with Crippen molar-refractivity contribution < 1.29 is 9.18 Å². The summed E-state index contributed by atoms with van der Waals surface area (Å²) >= 11 is 6.28. The lowest BCUT2D eigenvalue weighted by Crippen LogP contribution is -2.33. The summed E-state index contributed by atoms with van der Waals surface area (Å²) in [5.74, 6) is -0.671. The molecule has 1 aromatic carbocycles. The second kappa shape index (κ2) is 7.89. The Morgan fingerprint density at radius 2 is 2.03 bits per heavy atom. The van der Waals surface area contributed by atoms with Crippen molar-refractivity contribution in [2.24, 2.45) is 11.1 Å². The average molecular weight is 441 g/mol. The van der Waals surface area contributed by atoms with E-state index in [1.165, 1.54) is 18.2 Å². The van der Waals surface area contributed by atoms with Gasteiger partial charge in [-0.05, 0) is 43.0 Å². The molecular formula is C23H22ClFN4O2. The number of aromatic amines is 1. The number of pyridine rings is 1. The van der Waals surface area contributed by atoms with Crippen molar-refractivity contribution >= 4 is 17.5 Å². The Kier molecular flexibility index (Phi) is 5.39. The molecule has 4 rings (SSSR count). The zero-order chi connectivity index (χ0) is 22.3. The third kappa shape index (κ3) is 4.37. The number of rotatable bonds is 6. The zero-order valence-electron chi connectivity index (χ0n) is 17.2. The van der Waals surface area contributed by atoms with Gasteiger partial charge in [0.25, 0.3) is 5.56 Å². The molecule has 3 aromatic rings. The molecule has 0 radical (unpaired) electrons. The number of nitrogens with two attached hydrogens (primary N) is 1. The molecule has 1 aliphatic rings. The molecule has 0 aliphatic heterocycles. The molecule has 2 heterocycles. The minimum absolute atomic E-state index is 0.00926. The Labute approximate surface area is 183 Å². The number of hydrogen-bond donors (Lipinski definition) is 2. The molecule has 1 fully saturated rings.